The first-order valence-electron chi connectivity index (χ1n) is 16.2. The molecule has 3 aromatic carbocycles. The molecule has 1 N–H and O–H groups in total. The molecule has 1 saturated carbocycles. The molecule has 0 amide bonds. The summed E-state index contributed by atoms with van der Waals surface area (Å²) in [4.78, 5) is 0. The molecule has 0 heterocycles. The third kappa shape index (κ3) is 7.15. The van der Waals surface area contributed by atoms with Gasteiger partial charge >= 0.3 is 0 Å². The van der Waals surface area contributed by atoms with Gasteiger partial charge in [-0.15, -0.1) is 0 Å². The minimum atomic E-state index is -1.29. The van der Waals surface area contributed by atoms with Crippen molar-refractivity contribution in [3.8, 4) is 16.9 Å². The van der Waals surface area contributed by atoms with Crippen LogP contribution in [0, 0.1) is 40.8 Å². The van der Waals surface area contributed by atoms with Gasteiger partial charge in [0.2, 0.25) is 5.82 Å². The Hall–Kier alpha value is -3.30. The van der Waals surface area contributed by atoms with E-state index in [9.17, 15) is 22.7 Å². The lowest BCUT2D eigenvalue weighted by Gasteiger charge is -2.31. The van der Waals surface area contributed by atoms with Gasteiger partial charge in [0.25, 0.3) is 0 Å². The molecule has 9 heteroatoms. The van der Waals surface area contributed by atoms with Gasteiger partial charge in [-0.25, -0.2) is 22.0 Å². The molecule has 0 spiro atoms. The van der Waals surface area contributed by atoms with Crippen molar-refractivity contribution in [3.63, 3.8) is 0 Å². The van der Waals surface area contributed by atoms with E-state index in [1.807, 2.05) is 13.0 Å². The summed E-state index contributed by atoms with van der Waals surface area (Å²) in [5, 5.41) is 10.1. The molecule has 0 bridgehead atoms. The molecule has 46 heavy (non-hydrogen) atoms. The number of hydrogen-bond donors (Lipinski definition) is 1. The molecule has 5 rings (SSSR count). The second-order valence-corrected chi connectivity index (χ2v) is 12.3. The Morgan fingerprint density at radius 2 is 1.39 bits per heavy atom. The number of allylic oxidation sites excluding steroid dienone is 2. The number of halogens is 6. The molecule has 0 radical (unpaired) electrons. The van der Waals surface area contributed by atoms with E-state index >= 15 is 8.78 Å². The van der Waals surface area contributed by atoms with Gasteiger partial charge in [-0.1, -0.05) is 43.7 Å². The van der Waals surface area contributed by atoms with Crippen LogP contribution in [0.15, 0.2) is 42.5 Å². The van der Waals surface area contributed by atoms with E-state index in [2.05, 4.69) is 0 Å². The average molecular weight is 647 g/mol. The van der Waals surface area contributed by atoms with Crippen molar-refractivity contribution in [3.05, 3.63) is 94.1 Å². The summed E-state index contributed by atoms with van der Waals surface area (Å²) in [5.74, 6) is -7.00. The minimum Gasteiger partial charge on any atom is -0.491 e. The average Bonchev–Trinajstić information content (AvgIpc) is 3.06. The third-order valence-corrected chi connectivity index (χ3v) is 9.33. The van der Waals surface area contributed by atoms with Gasteiger partial charge in [0.15, 0.2) is 34.8 Å². The monoisotopic (exact) mass is 646 g/mol. The molecule has 0 saturated heterocycles. The van der Waals surface area contributed by atoms with Crippen LogP contribution < -0.4 is 4.74 Å². The highest BCUT2D eigenvalue weighted by atomic mass is 19.2. The summed E-state index contributed by atoms with van der Waals surface area (Å²) >= 11 is 0. The zero-order valence-electron chi connectivity index (χ0n) is 26.2. The summed E-state index contributed by atoms with van der Waals surface area (Å²) in [6.07, 6.45) is 6.44. The Kier molecular flexibility index (Phi) is 11.2. The van der Waals surface area contributed by atoms with Crippen LogP contribution in [0.1, 0.15) is 100 Å². The molecular formula is C37H40F6O3. The van der Waals surface area contributed by atoms with Crippen molar-refractivity contribution < 1.29 is 40.9 Å². The summed E-state index contributed by atoms with van der Waals surface area (Å²) in [6.45, 7) is 4.14. The first-order valence-corrected chi connectivity index (χ1v) is 16.2. The summed E-state index contributed by atoms with van der Waals surface area (Å²) < 4.78 is 100. The predicted octanol–water partition coefficient (Wildman–Crippen LogP) is 10.3. The molecule has 2 aliphatic carbocycles. The SMILES string of the molecule is CCCC(O)c1ccc(C2=CCC(COC3CCC(c4ccc(-c5ccc(OCC)c(F)c5F)c(F)c4F)CC3)CC2)c(F)c1F. The number of ether oxygens (including phenoxy) is 2. The van der Waals surface area contributed by atoms with Crippen LogP contribution >= 0.6 is 0 Å². The van der Waals surface area contributed by atoms with Crippen LogP contribution in [0.4, 0.5) is 26.3 Å². The molecule has 0 aromatic heterocycles. The van der Waals surface area contributed by atoms with E-state index in [1.165, 1.54) is 30.3 Å². The molecular weight excluding hydrogens is 606 g/mol. The highest BCUT2D eigenvalue weighted by molar-refractivity contribution is 5.68. The summed E-state index contributed by atoms with van der Waals surface area (Å²) in [5.41, 5.74) is 0.465. The lowest BCUT2D eigenvalue weighted by molar-refractivity contribution is 0.00322. The van der Waals surface area contributed by atoms with E-state index in [-0.39, 0.29) is 58.1 Å². The van der Waals surface area contributed by atoms with Crippen molar-refractivity contribution in [1.29, 1.82) is 0 Å². The van der Waals surface area contributed by atoms with Gasteiger partial charge in [-0.2, -0.15) is 4.39 Å². The number of aliphatic hydroxyl groups is 1. The van der Waals surface area contributed by atoms with Gasteiger partial charge in [-0.3, -0.25) is 0 Å². The lowest BCUT2D eigenvalue weighted by atomic mass is 9.81. The summed E-state index contributed by atoms with van der Waals surface area (Å²) in [7, 11) is 0. The van der Waals surface area contributed by atoms with Crippen LogP contribution in [-0.4, -0.2) is 24.4 Å². The predicted molar refractivity (Wildman–Crippen MR) is 165 cm³/mol. The molecule has 2 unspecified atom stereocenters. The fourth-order valence-electron chi connectivity index (χ4n) is 6.69. The van der Waals surface area contributed by atoms with Gasteiger partial charge in [0.05, 0.1) is 25.4 Å². The molecule has 0 aliphatic heterocycles. The van der Waals surface area contributed by atoms with Crippen LogP contribution in [0.2, 0.25) is 0 Å². The van der Waals surface area contributed by atoms with Gasteiger partial charge < -0.3 is 14.6 Å². The zero-order chi connectivity index (χ0) is 33.0. The van der Waals surface area contributed by atoms with Crippen LogP contribution in [0.25, 0.3) is 16.7 Å². The second-order valence-electron chi connectivity index (χ2n) is 12.3. The minimum absolute atomic E-state index is 0.0126. The quantitative estimate of drug-likeness (QED) is 0.211. The van der Waals surface area contributed by atoms with Crippen LogP contribution in [-0.2, 0) is 4.74 Å². The highest BCUT2D eigenvalue weighted by Crippen LogP contribution is 2.40. The lowest BCUT2D eigenvalue weighted by Crippen LogP contribution is -2.24. The standard InChI is InChI=1S/C37H40F6O3/c1-3-5-30(44)29-17-15-26(33(39)36(29)42)22-8-6-21(7-9-22)20-46-24-12-10-23(11-13-24)25-14-16-27(34(40)32(25)38)28-18-19-31(45-4-2)37(43)35(28)41/h8,14-19,21,23-24,30,44H,3-7,9-13,20H2,1-2H3. The maximum Gasteiger partial charge on any atom is 0.201 e. The van der Waals surface area contributed by atoms with Crippen LogP contribution in [0.5, 0.6) is 5.75 Å². The maximum absolute atomic E-state index is 15.2. The Labute approximate surface area is 266 Å². The van der Waals surface area contributed by atoms with Crippen LogP contribution in [0.3, 0.4) is 0 Å². The molecule has 2 aliphatic rings. The number of aliphatic hydroxyl groups excluding tert-OH is 1. The largest absolute Gasteiger partial charge is 0.491 e. The maximum atomic E-state index is 15.2. The van der Waals surface area contributed by atoms with Gasteiger partial charge in [0.1, 0.15) is 0 Å². The van der Waals surface area contributed by atoms with Gasteiger partial charge in [0, 0.05) is 22.3 Å². The zero-order valence-corrected chi connectivity index (χ0v) is 26.2. The highest BCUT2D eigenvalue weighted by Gasteiger charge is 2.29. The Morgan fingerprint density at radius 3 is 2.04 bits per heavy atom. The summed E-state index contributed by atoms with van der Waals surface area (Å²) in [6, 6.07) is 8.15. The molecule has 2 atom stereocenters. The van der Waals surface area contributed by atoms with Crippen molar-refractivity contribution in [2.24, 2.45) is 5.92 Å². The second kappa shape index (κ2) is 15.1. The van der Waals surface area contributed by atoms with Crippen molar-refractivity contribution >= 4 is 5.57 Å². The third-order valence-electron chi connectivity index (χ3n) is 9.33. The fraction of sp³-hybridized carbons (Fsp3) is 0.459. The van der Waals surface area contributed by atoms with E-state index in [4.69, 9.17) is 9.47 Å². The van der Waals surface area contributed by atoms with E-state index in [1.54, 1.807) is 13.0 Å². The topological polar surface area (TPSA) is 38.7 Å². The molecule has 1 fully saturated rings. The van der Waals surface area contributed by atoms with Gasteiger partial charge in [-0.05, 0) is 93.4 Å². The van der Waals surface area contributed by atoms with Crippen molar-refractivity contribution in [1.82, 2.24) is 0 Å². The first-order chi connectivity index (χ1) is 22.1. The fourth-order valence-corrected chi connectivity index (χ4v) is 6.69. The van der Waals surface area contributed by atoms with Crippen molar-refractivity contribution in [2.45, 2.75) is 89.8 Å². The molecule has 248 valence electrons. The Morgan fingerprint density at radius 1 is 0.739 bits per heavy atom. The number of benzene rings is 3. The Balaban J connectivity index is 1.14. The van der Waals surface area contributed by atoms with E-state index in [0.29, 0.717) is 58.0 Å². The number of hydrogen-bond acceptors (Lipinski definition) is 3. The smallest absolute Gasteiger partial charge is 0.201 e. The van der Waals surface area contributed by atoms with E-state index < -0.39 is 41.0 Å². The molecule has 3 nitrogen and oxygen atoms in total. The van der Waals surface area contributed by atoms with Crippen molar-refractivity contribution in [2.75, 3.05) is 13.2 Å². The Bertz CT molecular complexity index is 1560. The normalized spacial score (nSPS) is 20.8. The van der Waals surface area contributed by atoms with E-state index in [0.717, 1.165) is 12.0 Å². The number of rotatable bonds is 11. The molecule has 3 aromatic rings. The first kappa shape index (κ1) is 34.0.